The van der Waals surface area contributed by atoms with E-state index in [1.54, 1.807) is 7.11 Å². The average Bonchev–Trinajstić information content (AvgIpc) is 3.31. The van der Waals surface area contributed by atoms with Crippen LogP contribution >= 0.6 is 0 Å². The molecule has 2 aromatic carbocycles. The Morgan fingerprint density at radius 3 is 2.82 bits per heavy atom. The van der Waals surface area contributed by atoms with E-state index in [0.717, 1.165) is 11.1 Å². The van der Waals surface area contributed by atoms with Gasteiger partial charge in [-0.2, -0.15) is 4.98 Å². The summed E-state index contributed by atoms with van der Waals surface area (Å²) in [5.41, 5.74) is 4.29. The van der Waals surface area contributed by atoms with Crippen molar-refractivity contribution in [3.05, 3.63) is 65.0 Å². The van der Waals surface area contributed by atoms with Crippen molar-refractivity contribution < 1.29 is 14.1 Å². The van der Waals surface area contributed by atoms with Crippen LogP contribution in [0.4, 0.5) is 0 Å². The van der Waals surface area contributed by atoms with Crippen LogP contribution in [0.2, 0.25) is 0 Å². The van der Waals surface area contributed by atoms with Gasteiger partial charge in [0.25, 0.3) is 0 Å². The molecular formula is C22H23N3O3. The number of methoxy groups -OCH3 is 1. The van der Waals surface area contributed by atoms with Gasteiger partial charge in [-0.25, -0.2) is 0 Å². The Bertz CT molecular complexity index is 1010. The minimum atomic E-state index is -0.204. The molecule has 0 spiro atoms. The van der Waals surface area contributed by atoms with Gasteiger partial charge in [-0.3, -0.25) is 4.79 Å². The summed E-state index contributed by atoms with van der Waals surface area (Å²) < 4.78 is 10.9. The van der Waals surface area contributed by atoms with E-state index in [9.17, 15) is 4.79 Å². The van der Waals surface area contributed by atoms with Crippen LogP contribution in [0.1, 0.15) is 41.5 Å². The van der Waals surface area contributed by atoms with Crippen LogP contribution in [-0.2, 0) is 11.3 Å². The first kappa shape index (κ1) is 18.2. The largest absolute Gasteiger partial charge is 0.496 e. The Kier molecular flexibility index (Phi) is 4.86. The first-order chi connectivity index (χ1) is 13.6. The second-order valence-corrected chi connectivity index (χ2v) is 7.16. The summed E-state index contributed by atoms with van der Waals surface area (Å²) in [6.07, 6.45) is 1.17. The number of benzene rings is 2. The molecule has 0 N–H and O–H groups in total. The van der Waals surface area contributed by atoms with Gasteiger partial charge in [0.05, 0.1) is 12.7 Å². The number of rotatable bonds is 5. The van der Waals surface area contributed by atoms with Crippen molar-refractivity contribution in [3.63, 3.8) is 0 Å². The van der Waals surface area contributed by atoms with Crippen LogP contribution in [0.5, 0.6) is 5.75 Å². The topological polar surface area (TPSA) is 68.5 Å². The van der Waals surface area contributed by atoms with Crippen LogP contribution in [-0.4, -0.2) is 28.1 Å². The van der Waals surface area contributed by atoms with Crippen molar-refractivity contribution in [1.29, 1.82) is 0 Å². The normalized spacial score (nSPS) is 16.6. The molecule has 0 radical (unpaired) electrons. The van der Waals surface area contributed by atoms with E-state index in [1.807, 2.05) is 29.2 Å². The maximum absolute atomic E-state index is 12.5. The minimum absolute atomic E-state index is 0.113. The standard InChI is InChI=1S/C22H23N3O3/c1-14-8-9-16(15(2)12-14)13-25-18(10-11-20(25)26)22-23-21(24-28-22)17-6-4-5-7-19(17)27-3/h4-9,12,18H,10-11,13H2,1-3H3. The van der Waals surface area contributed by atoms with Gasteiger partial charge < -0.3 is 14.2 Å². The number of carbonyl (C=O) groups is 1. The molecule has 0 aliphatic carbocycles. The van der Waals surface area contributed by atoms with Crippen molar-refractivity contribution in [3.8, 4) is 17.1 Å². The molecule has 6 nitrogen and oxygen atoms in total. The Balaban J connectivity index is 1.61. The number of likely N-dealkylation sites (tertiary alicyclic amines) is 1. The number of ether oxygens (including phenoxy) is 1. The summed E-state index contributed by atoms with van der Waals surface area (Å²) in [6, 6.07) is 13.6. The fourth-order valence-corrected chi connectivity index (χ4v) is 3.70. The molecule has 3 aromatic rings. The predicted octanol–water partition coefficient (Wildman–Crippen LogP) is 4.23. The summed E-state index contributed by atoms with van der Waals surface area (Å²) in [5.74, 6) is 1.74. The molecule has 1 fully saturated rings. The van der Waals surface area contributed by atoms with E-state index in [2.05, 4.69) is 42.2 Å². The van der Waals surface area contributed by atoms with E-state index in [1.165, 1.54) is 11.1 Å². The zero-order valence-electron chi connectivity index (χ0n) is 16.3. The number of hydrogen-bond donors (Lipinski definition) is 0. The molecule has 0 saturated carbocycles. The van der Waals surface area contributed by atoms with Gasteiger partial charge in [-0.15, -0.1) is 0 Å². The lowest BCUT2D eigenvalue weighted by molar-refractivity contribution is -0.130. The van der Waals surface area contributed by atoms with Crippen LogP contribution in [0, 0.1) is 13.8 Å². The summed E-state index contributed by atoms with van der Waals surface area (Å²) in [4.78, 5) is 19.0. The summed E-state index contributed by atoms with van der Waals surface area (Å²) >= 11 is 0. The Hall–Kier alpha value is -3.15. The lowest BCUT2D eigenvalue weighted by atomic mass is 10.0. The van der Waals surface area contributed by atoms with E-state index >= 15 is 0 Å². The Morgan fingerprint density at radius 2 is 2.04 bits per heavy atom. The number of aromatic nitrogens is 2. The van der Waals surface area contributed by atoms with Gasteiger partial charge in [-0.05, 0) is 43.5 Å². The highest BCUT2D eigenvalue weighted by atomic mass is 16.5. The maximum Gasteiger partial charge on any atom is 0.249 e. The highest BCUT2D eigenvalue weighted by Gasteiger charge is 2.36. The van der Waals surface area contributed by atoms with Gasteiger partial charge in [0.15, 0.2) is 0 Å². The quantitative estimate of drug-likeness (QED) is 0.666. The Morgan fingerprint density at radius 1 is 1.21 bits per heavy atom. The number of amides is 1. The lowest BCUT2D eigenvalue weighted by Crippen LogP contribution is -2.27. The first-order valence-electron chi connectivity index (χ1n) is 9.39. The third-order valence-corrected chi connectivity index (χ3v) is 5.24. The molecule has 1 aromatic heterocycles. The van der Waals surface area contributed by atoms with Crippen molar-refractivity contribution in [2.45, 2.75) is 39.3 Å². The molecule has 0 bridgehead atoms. The minimum Gasteiger partial charge on any atom is -0.496 e. The van der Waals surface area contributed by atoms with Crippen molar-refractivity contribution in [1.82, 2.24) is 15.0 Å². The Labute approximate surface area is 164 Å². The zero-order valence-corrected chi connectivity index (χ0v) is 16.3. The SMILES string of the molecule is COc1ccccc1-c1noc(C2CCC(=O)N2Cc2ccc(C)cc2C)n1. The van der Waals surface area contributed by atoms with Gasteiger partial charge in [0, 0.05) is 13.0 Å². The van der Waals surface area contributed by atoms with Gasteiger partial charge in [0.1, 0.15) is 11.8 Å². The first-order valence-corrected chi connectivity index (χ1v) is 9.39. The number of para-hydroxylation sites is 1. The molecule has 1 aliphatic rings. The highest BCUT2D eigenvalue weighted by Crippen LogP contribution is 2.35. The molecule has 2 heterocycles. The second-order valence-electron chi connectivity index (χ2n) is 7.16. The summed E-state index contributed by atoms with van der Waals surface area (Å²) in [5, 5.41) is 4.13. The van der Waals surface area contributed by atoms with E-state index in [0.29, 0.717) is 36.9 Å². The van der Waals surface area contributed by atoms with Crippen LogP contribution in [0.3, 0.4) is 0 Å². The molecule has 1 unspecified atom stereocenters. The molecule has 1 atom stereocenters. The van der Waals surface area contributed by atoms with Crippen molar-refractivity contribution in [2.24, 2.45) is 0 Å². The maximum atomic E-state index is 12.5. The van der Waals surface area contributed by atoms with Crippen molar-refractivity contribution >= 4 is 5.91 Å². The molecule has 1 amide bonds. The smallest absolute Gasteiger partial charge is 0.249 e. The summed E-state index contributed by atoms with van der Waals surface area (Å²) in [7, 11) is 1.61. The van der Waals surface area contributed by atoms with E-state index in [4.69, 9.17) is 9.26 Å². The van der Waals surface area contributed by atoms with Crippen LogP contribution < -0.4 is 4.74 Å². The van der Waals surface area contributed by atoms with Gasteiger partial charge >= 0.3 is 0 Å². The fourth-order valence-electron chi connectivity index (χ4n) is 3.70. The number of carbonyl (C=O) groups excluding carboxylic acids is 1. The van der Waals surface area contributed by atoms with E-state index < -0.39 is 0 Å². The second kappa shape index (κ2) is 7.46. The number of aryl methyl sites for hydroxylation is 2. The van der Waals surface area contributed by atoms with Crippen molar-refractivity contribution in [2.75, 3.05) is 7.11 Å². The third-order valence-electron chi connectivity index (χ3n) is 5.24. The van der Waals surface area contributed by atoms with E-state index in [-0.39, 0.29) is 11.9 Å². The van der Waals surface area contributed by atoms with Crippen LogP contribution in [0.25, 0.3) is 11.4 Å². The van der Waals surface area contributed by atoms with Gasteiger partial charge in [-0.1, -0.05) is 41.1 Å². The predicted molar refractivity (Wildman–Crippen MR) is 105 cm³/mol. The summed E-state index contributed by atoms with van der Waals surface area (Å²) in [6.45, 7) is 4.69. The highest BCUT2D eigenvalue weighted by molar-refractivity contribution is 5.79. The van der Waals surface area contributed by atoms with Gasteiger partial charge in [0.2, 0.25) is 17.6 Å². The average molecular weight is 377 g/mol. The molecule has 6 heteroatoms. The number of hydrogen-bond acceptors (Lipinski definition) is 5. The molecule has 4 rings (SSSR count). The molecule has 1 saturated heterocycles. The zero-order chi connectivity index (χ0) is 19.7. The molecule has 1 aliphatic heterocycles. The fraction of sp³-hybridized carbons (Fsp3) is 0.318. The molecule has 28 heavy (non-hydrogen) atoms. The van der Waals surface area contributed by atoms with Crippen LogP contribution in [0.15, 0.2) is 47.0 Å². The molecule has 144 valence electrons. The number of nitrogens with zero attached hydrogens (tertiary/aromatic N) is 3. The lowest BCUT2D eigenvalue weighted by Gasteiger charge is -2.23. The molecular weight excluding hydrogens is 354 g/mol. The monoisotopic (exact) mass is 377 g/mol. The third kappa shape index (κ3) is 3.38.